The summed E-state index contributed by atoms with van der Waals surface area (Å²) >= 11 is 1.66. The highest BCUT2D eigenvalue weighted by Gasteiger charge is 2.30. The molecule has 2 aromatic heterocycles. The van der Waals surface area contributed by atoms with Gasteiger partial charge >= 0.3 is 0 Å². The van der Waals surface area contributed by atoms with Crippen LogP contribution in [0.5, 0.6) is 0 Å². The number of thiazole rings is 1. The van der Waals surface area contributed by atoms with Crippen molar-refractivity contribution in [3.05, 3.63) is 28.3 Å². The Balaban J connectivity index is 1.44. The molecule has 1 aliphatic rings. The van der Waals surface area contributed by atoms with Gasteiger partial charge in [0.05, 0.1) is 11.6 Å². The fourth-order valence-corrected chi connectivity index (χ4v) is 2.73. The molecular weight excluding hydrogens is 264 g/mol. The average Bonchev–Trinajstić information content (AvgIpc) is 3.09. The second-order valence-electron chi connectivity index (χ2n) is 4.60. The van der Waals surface area contributed by atoms with Crippen molar-refractivity contribution < 1.29 is 9.26 Å². The highest BCUT2D eigenvalue weighted by atomic mass is 32.1. The first-order chi connectivity index (χ1) is 9.31. The summed E-state index contributed by atoms with van der Waals surface area (Å²) < 4.78 is 11.1. The van der Waals surface area contributed by atoms with E-state index in [0.717, 1.165) is 25.9 Å². The van der Waals surface area contributed by atoms with Crippen molar-refractivity contribution in [3.63, 3.8) is 0 Å². The van der Waals surface area contributed by atoms with Gasteiger partial charge in [0.25, 0.3) is 5.89 Å². The largest absolute Gasteiger partial charge is 0.364 e. The molecule has 0 aromatic carbocycles. The number of hydrogen-bond acceptors (Lipinski definition) is 7. The van der Waals surface area contributed by atoms with E-state index in [1.165, 1.54) is 4.88 Å². The summed E-state index contributed by atoms with van der Waals surface area (Å²) in [5.74, 6) is 1.26. The maximum absolute atomic E-state index is 5.91. The molecule has 1 N–H and O–H groups in total. The Bertz CT molecular complexity index is 514. The summed E-state index contributed by atoms with van der Waals surface area (Å²) in [6.07, 6.45) is 4.01. The summed E-state index contributed by atoms with van der Waals surface area (Å²) in [6.45, 7) is 3.49. The van der Waals surface area contributed by atoms with Crippen molar-refractivity contribution in [3.8, 4) is 0 Å². The average molecular weight is 280 g/mol. The smallest absolute Gasteiger partial charge is 0.255 e. The minimum atomic E-state index is -0.0450. The normalized spacial score (nSPS) is 23.0. The summed E-state index contributed by atoms with van der Waals surface area (Å²) in [6, 6.07) is 0. The summed E-state index contributed by atoms with van der Waals surface area (Å²) in [4.78, 5) is 9.50. The molecular formula is C12H16N4O2S. The minimum Gasteiger partial charge on any atom is -0.364 e. The molecule has 1 fully saturated rings. The van der Waals surface area contributed by atoms with Gasteiger partial charge in [-0.25, -0.2) is 0 Å². The lowest BCUT2D eigenvalue weighted by molar-refractivity contribution is 0.0264. The fourth-order valence-electron chi connectivity index (χ4n) is 2.17. The lowest BCUT2D eigenvalue weighted by Crippen LogP contribution is -2.25. The Morgan fingerprint density at radius 2 is 2.42 bits per heavy atom. The van der Waals surface area contributed by atoms with E-state index < -0.39 is 0 Å². The van der Waals surface area contributed by atoms with Gasteiger partial charge < -0.3 is 14.6 Å². The molecule has 2 aromatic rings. The van der Waals surface area contributed by atoms with Crippen molar-refractivity contribution in [1.82, 2.24) is 20.4 Å². The quantitative estimate of drug-likeness (QED) is 0.901. The maximum Gasteiger partial charge on any atom is 0.255 e. The molecule has 1 aliphatic heterocycles. The first-order valence-electron chi connectivity index (χ1n) is 6.35. The van der Waals surface area contributed by atoms with Gasteiger partial charge in [-0.05, 0) is 19.8 Å². The van der Waals surface area contributed by atoms with E-state index in [1.807, 2.05) is 18.6 Å². The van der Waals surface area contributed by atoms with Gasteiger partial charge in [0.15, 0.2) is 5.82 Å². The van der Waals surface area contributed by atoms with E-state index in [0.29, 0.717) is 11.7 Å². The molecule has 0 bridgehead atoms. The molecule has 6 nitrogen and oxygen atoms in total. The van der Waals surface area contributed by atoms with Gasteiger partial charge in [0.1, 0.15) is 6.10 Å². The lowest BCUT2D eigenvalue weighted by atomic mass is 10.2. The van der Waals surface area contributed by atoms with E-state index in [-0.39, 0.29) is 12.2 Å². The summed E-state index contributed by atoms with van der Waals surface area (Å²) in [5, 5.41) is 7.18. The molecule has 0 amide bonds. The highest BCUT2D eigenvalue weighted by Crippen LogP contribution is 2.31. The molecule has 3 rings (SSSR count). The molecule has 0 saturated carbocycles. The summed E-state index contributed by atoms with van der Waals surface area (Å²) in [7, 11) is 0. The van der Waals surface area contributed by atoms with Crippen LogP contribution in [0.1, 0.15) is 35.5 Å². The van der Waals surface area contributed by atoms with Crippen molar-refractivity contribution in [2.24, 2.45) is 0 Å². The summed E-state index contributed by atoms with van der Waals surface area (Å²) in [5.41, 5.74) is 1.84. The van der Waals surface area contributed by atoms with Gasteiger partial charge in [-0.15, -0.1) is 11.3 Å². The monoisotopic (exact) mass is 280 g/mol. The molecule has 0 spiro atoms. The van der Waals surface area contributed by atoms with Gasteiger partial charge in [-0.3, -0.25) is 4.98 Å². The van der Waals surface area contributed by atoms with Gasteiger partial charge in [-0.1, -0.05) is 5.16 Å². The number of nitrogens with one attached hydrogen (secondary N) is 1. The molecule has 19 heavy (non-hydrogen) atoms. The van der Waals surface area contributed by atoms with Gasteiger partial charge in [0, 0.05) is 24.2 Å². The third-order valence-electron chi connectivity index (χ3n) is 3.08. The fraction of sp³-hybridized carbons (Fsp3) is 0.583. The van der Waals surface area contributed by atoms with Crippen LogP contribution in [-0.2, 0) is 11.3 Å². The number of nitrogens with zero attached hydrogens (tertiary/aromatic N) is 3. The van der Waals surface area contributed by atoms with Crippen LogP contribution >= 0.6 is 11.3 Å². The molecule has 1 saturated heterocycles. The van der Waals surface area contributed by atoms with Crippen LogP contribution in [0.2, 0.25) is 0 Å². The zero-order valence-electron chi connectivity index (χ0n) is 10.7. The van der Waals surface area contributed by atoms with Crippen molar-refractivity contribution in [2.75, 3.05) is 6.54 Å². The highest BCUT2D eigenvalue weighted by molar-refractivity contribution is 7.09. The standard InChI is InChI=1S/C12H16N4O2S/c1-8-15-12(18-16-8)11-3-2-9(17-11)4-13-5-10-6-14-7-19-10/h6-7,9,11,13H,2-5H2,1H3/t9-,11+/m1/s1. The third kappa shape index (κ3) is 3.17. The van der Waals surface area contributed by atoms with Crippen LogP contribution in [0.4, 0.5) is 0 Å². The Kier molecular flexibility index (Phi) is 3.86. The molecule has 0 radical (unpaired) electrons. The Hall–Kier alpha value is -1.31. The zero-order valence-corrected chi connectivity index (χ0v) is 11.5. The molecule has 0 aliphatic carbocycles. The maximum atomic E-state index is 5.91. The first kappa shape index (κ1) is 12.7. The SMILES string of the molecule is Cc1noc([C@@H]2CC[C@H](CNCc3cncs3)O2)n1. The van der Waals surface area contributed by atoms with Gasteiger partial charge in [-0.2, -0.15) is 4.98 Å². The van der Waals surface area contributed by atoms with Crippen LogP contribution < -0.4 is 5.32 Å². The minimum absolute atomic E-state index is 0.0450. The predicted molar refractivity (Wildman–Crippen MR) is 69.7 cm³/mol. The molecule has 2 atom stereocenters. The number of hydrogen-bond donors (Lipinski definition) is 1. The van der Waals surface area contributed by atoms with Crippen molar-refractivity contribution >= 4 is 11.3 Å². The molecule has 7 heteroatoms. The van der Waals surface area contributed by atoms with Crippen LogP contribution in [0.15, 0.2) is 16.2 Å². The van der Waals surface area contributed by atoms with Crippen molar-refractivity contribution in [1.29, 1.82) is 0 Å². The van der Waals surface area contributed by atoms with Crippen LogP contribution in [-0.4, -0.2) is 27.8 Å². The lowest BCUT2D eigenvalue weighted by Gasteiger charge is -2.11. The molecule has 102 valence electrons. The predicted octanol–water partition coefficient (Wildman–Crippen LogP) is 1.84. The Labute approximate surface area is 115 Å². The zero-order chi connectivity index (χ0) is 13.1. The molecule has 0 unspecified atom stereocenters. The number of aryl methyl sites for hydroxylation is 1. The molecule has 3 heterocycles. The van der Waals surface area contributed by atoms with E-state index in [2.05, 4.69) is 20.4 Å². The Morgan fingerprint density at radius 3 is 3.16 bits per heavy atom. The number of rotatable bonds is 5. The van der Waals surface area contributed by atoms with Crippen LogP contribution in [0.25, 0.3) is 0 Å². The second kappa shape index (κ2) is 5.77. The number of aromatic nitrogens is 3. The Morgan fingerprint density at radius 1 is 1.47 bits per heavy atom. The van der Waals surface area contributed by atoms with E-state index in [9.17, 15) is 0 Å². The van der Waals surface area contributed by atoms with Gasteiger partial charge in [0.2, 0.25) is 0 Å². The second-order valence-corrected chi connectivity index (χ2v) is 5.57. The van der Waals surface area contributed by atoms with Crippen LogP contribution in [0.3, 0.4) is 0 Å². The van der Waals surface area contributed by atoms with E-state index in [1.54, 1.807) is 11.3 Å². The first-order valence-corrected chi connectivity index (χ1v) is 7.23. The van der Waals surface area contributed by atoms with E-state index in [4.69, 9.17) is 9.26 Å². The third-order valence-corrected chi connectivity index (χ3v) is 3.86. The van der Waals surface area contributed by atoms with Crippen molar-refractivity contribution in [2.45, 2.75) is 38.5 Å². The topological polar surface area (TPSA) is 73.1 Å². The number of ether oxygens (including phenoxy) is 1. The van der Waals surface area contributed by atoms with Crippen LogP contribution in [0, 0.1) is 6.92 Å². The van der Waals surface area contributed by atoms with E-state index >= 15 is 0 Å².